The molecule has 0 aromatic carbocycles. The maximum Gasteiger partial charge on any atom is 0.242 e. The predicted molar refractivity (Wildman–Crippen MR) is 80.0 cm³/mol. The number of carbonyl (C=O) groups excluding carboxylic acids is 1. The Morgan fingerprint density at radius 3 is 2.79 bits per heavy atom. The third-order valence-corrected chi connectivity index (χ3v) is 5.07. The maximum absolute atomic E-state index is 12.2. The Kier molecular flexibility index (Phi) is 5.40. The van der Waals surface area contributed by atoms with E-state index in [4.69, 9.17) is 5.73 Å². The Balaban J connectivity index is 1.92. The van der Waals surface area contributed by atoms with Crippen LogP contribution in [0, 0.1) is 5.92 Å². The summed E-state index contributed by atoms with van der Waals surface area (Å²) in [5, 5.41) is 5.13. The van der Waals surface area contributed by atoms with Crippen LogP contribution in [0.5, 0.6) is 0 Å². The molecule has 1 aromatic rings. The third kappa shape index (κ3) is 3.80. The second-order valence-corrected chi connectivity index (χ2v) is 6.39. The zero-order valence-corrected chi connectivity index (χ0v) is 12.4. The van der Waals surface area contributed by atoms with E-state index in [2.05, 4.69) is 12.2 Å². The van der Waals surface area contributed by atoms with E-state index >= 15 is 0 Å². The summed E-state index contributed by atoms with van der Waals surface area (Å²) in [6.45, 7) is 2.15. The highest BCUT2D eigenvalue weighted by Crippen LogP contribution is 2.28. The monoisotopic (exact) mass is 280 g/mol. The molecular formula is C15H24N2OS. The average molecular weight is 280 g/mol. The Labute approximate surface area is 119 Å². The molecule has 3 N–H and O–H groups in total. The number of amides is 1. The molecule has 2 rings (SSSR count). The zero-order valence-electron chi connectivity index (χ0n) is 11.6. The molecule has 2 unspecified atom stereocenters. The van der Waals surface area contributed by atoms with Crippen molar-refractivity contribution in [2.24, 2.45) is 11.7 Å². The Bertz CT molecular complexity index is 385. The van der Waals surface area contributed by atoms with Crippen LogP contribution in [0.3, 0.4) is 0 Å². The van der Waals surface area contributed by atoms with E-state index in [9.17, 15) is 4.79 Å². The summed E-state index contributed by atoms with van der Waals surface area (Å²) in [6.07, 6.45) is 7.42. The minimum atomic E-state index is -0.516. The van der Waals surface area contributed by atoms with E-state index < -0.39 is 6.04 Å². The first-order valence-corrected chi connectivity index (χ1v) is 8.19. The van der Waals surface area contributed by atoms with Crippen molar-refractivity contribution < 1.29 is 4.79 Å². The predicted octanol–water partition coefficient (Wildman–Crippen LogP) is 3.22. The Morgan fingerprint density at radius 2 is 2.21 bits per heavy atom. The van der Waals surface area contributed by atoms with Crippen LogP contribution in [-0.4, -0.2) is 11.9 Å². The van der Waals surface area contributed by atoms with E-state index in [0.717, 1.165) is 11.3 Å². The molecule has 1 aliphatic rings. The summed E-state index contributed by atoms with van der Waals surface area (Å²) in [4.78, 5) is 13.2. The lowest BCUT2D eigenvalue weighted by atomic mass is 9.83. The number of nitrogens with one attached hydrogen (secondary N) is 1. The first-order valence-electron chi connectivity index (χ1n) is 7.31. The van der Waals surface area contributed by atoms with Gasteiger partial charge in [-0.15, -0.1) is 11.3 Å². The highest BCUT2D eigenvalue weighted by Gasteiger charge is 2.26. The van der Waals surface area contributed by atoms with Crippen molar-refractivity contribution in [3.8, 4) is 0 Å². The van der Waals surface area contributed by atoms with Crippen LogP contribution in [0.2, 0.25) is 0 Å². The van der Waals surface area contributed by atoms with Gasteiger partial charge in [-0.3, -0.25) is 4.79 Å². The molecule has 0 bridgehead atoms. The fourth-order valence-electron chi connectivity index (χ4n) is 2.96. The van der Waals surface area contributed by atoms with Crippen LogP contribution >= 0.6 is 11.3 Å². The van der Waals surface area contributed by atoms with Gasteiger partial charge in [0.25, 0.3) is 0 Å². The van der Waals surface area contributed by atoms with Crippen LogP contribution in [0.4, 0.5) is 0 Å². The second-order valence-electron chi connectivity index (χ2n) is 5.41. The van der Waals surface area contributed by atoms with Gasteiger partial charge in [0.2, 0.25) is 5.91 Å². The molecule has 0 radical (unpaired) electrons. The molecule has 106 valence electrons. The number of carbonyl (C=O) groups is 1. The molecule has 1 amide bonds. The van der Waals surface area contributed by atoms with Gasteiger partial charge in [0.05, 0.1) is 0 Å². The van der Waals surface area contributed by atoms with Crippen molar-refractivity contribution in [3.63, 3.8) is 0 Å². The summed E-state index contributed by atoms with van der Waals surface area (Å²) in [5.74, 6) is 0.609. The molecule has 19 heavy (non-hydrogen) atoms. The first-order chi connectivity index (χ1) is 9.22. The van der Waals surface area contributed by atoms with Crippen molar-refractivity contribution in [3.05, 3.63) is 22.4 Å². The van der Waals surface area contributed by atoms with Gasteiger partial charge in [-0.05, 0) is 36.6 Å². The lowest BCUT2D eigenvalue weighted by Crippen LogP contribution is -2.44. The van der Waals surface area contributed by atoms with Gasteiger partial charge >= 0.3 is 0 Å². The van der Waals surface area contributed by atoms with Crippen LogP contribution < -0.4 is 11.1 Å². The number of thiophene rings is 1. The van der Waals surface area contributed by atoms with Gasteiger partial charge in [-0.25, -0.2) is 0 Å². The summed E-state index contributed by atoms with van der Waals surface area (Å²) in [5.41, 5.74) is 6.01. The van der Waals surface area contributed by atoms with E-state index in [1.165, 1.54) is 32.1 Å². The lowest BCUT2D eigenvalue weighted by Gasteiger charge is -2.31. The van der Waals surface area contributed by atoms with Gasteiger partial charge in [0.1, 0.15) is 6.04 Å². The molecule has 3 nitrogen and oxygen atoms in total. The largest absolute Gasteiger partial charge is 0.351 e. The smallest absolute Gasteiger partial charge is 0.242 e. The Morgan fingerprint density at radius 1 is 1.47 bits per heavy atom. The van der Waals surface area contributed by atoms with E-state index in [-0.39, 0.29) is 5.91 Å². The van der Waals surface area contributed by atoms with Gasteiger partial charge in [-0.1, -0.05) is 32.3 Å². The van der Waals surface area contributed by atoms with Gasteiger partial charge < -0.3 is 11.1 Å². The lowest BCUT2D eigenvalue weighted by molar-refractivity contribution is -0.123. The number of rotatable bonds is 5. The summed E-state index contributed by atoms with van der Waals surface area (Å²) in [7, 11) is 0. The summed E-state index contributed by atoms with van der Waals surface area (Å²) in [6, 6.07) is 3.64. The number of nitrogens with two attached hydrogens (primary N) is 1. The molecule has 1 aromatic heterocycles. The zero-order chi connectivity index (χ0) is 13.7. The highest BCUT2D eigenvalue weighted by atomic mass is 32.1. The first kappa shape index (κ1) is 14.5. The molecule has 0 spiro atoms. The fraction of sp³-hybridized carbons (Fsp3) is 0.667. The van der Waals surface area contributed by atoms with Crippen LogP contribution in [0.25, 0.3) is 0 Å². The molecular weight excluding hydrogens is 256 g/mol. The van der Waals surface area contributed by atoms with E-state index in [1.54, 1.807) is 11.3 Å². The third-order valence-electron chi connectivity index (χ3n) is 4.12. The van der Waals surface area contributed by atoms with Crippen molar-refractivity contribution in [1.82, 2.24) is 5.32 Å². The Hall–Kier alpha value is -0.870. The number of hydrogen-bond acceptors (Lipinski definition) is 3. The molecule has 2 atom stereocenters. The van der Waals surface area contributed by atoms with Crippen LogP contribution in [0.15, 0.2) is 17.5 Å². The van der Waals surface area contributed by atoms with Crippen molar-refractivity contribution in [2.45, 2.75) is 57.5 Å². The summed E-state index contributed by atoms with van der Waals surface area (Å²) < 4.78 is 0. The number of hydrogen-bond donors (Lipinski definition) is 2. The molecule has 0 aliphatic heterocycles. The quantitative estimate of drug-likeness (QED) is 0.870. The minimum Gasteiger partial charge on any atom is -0.351 e. The molecule has 1 fully saturated rings. The highest BCUT2D eigenvalue weighted by molar-refractivity contribution is 7.10. The molecule has 4 heteroatoms. The second kappa shape index (κ2) is 7.06. The standard InChI is InChI=1S/C15H24N2OS/c1-2-12(11-7-4-3-5-8-11)17-15(18)14(16)13-9-6-10-19-13/h6,9-12,14H,2-5,7-8,16H2,1H3,(H,17,18). The van der Waals surface area contributed by atoms with Crippen molar-refractivity contribution in [2.75, 3.05) is 0 Å². The molecule has 1 heterocycles. The van der Waals surface area contributed by atoms with Crippen molar-refractivity contribution in [1.29, 1.82) is 0 Å². The molecule has 1 saturated carbocycles. The normalized spacial score (nSPS) is 19.9. The fourth-order valence-corrected chi connectivity index (χ4v) is 3.68. The van der Waals surface area contributed by atoms with Gasteiger partial charge in [0, 0.05) is 10.9 Å². The summed E-state index contributed by atoms with van der Waals surface area (Å²) >= 11 is 1.54. The maximum atomic E-state index is 12.2. The molecule has 1 aliphatic carbocycles. The van der Waals surface area contributed by atoms with E-state index in [1.807, 2.05) is 17.5 Å². The molecule has 0 saturated heterocycles. The average Bonchev–Trinajstić information content (AvgIpc) is 2.98. The van der Waals surface area contributed by atoms with Crippen LogP contribution in [0.1, 0.15) is 56.4 Å². The minimum absolute atomic E-state index is 0.0279. The van der Waals surface area contributed by atoms with Gasteiger partial charge in [-0.2, -0.15) is 0 Å². The SMILES string of the molecule is CCC(NC(=O)C(N)c1cccs1)C1CCCCC1. The van der Waals surface area contributed by atoms with Gasteiger partial charge in [0.15, 0.2) is 0 Å². The van der Waals surface area contributed by atoms with E-state index in [0.29, 0.717) is 12.0 Å². The van der Waals surface area contributed by atoms with Crippen LogP contribution in [-0.2, 0) is 4.79 Å². The van der Waals surface area contributed by atoms with Crippen molar-refractivity contribution >= 4 is 17.2 Å². The topological polar surface area (TPSA) is 55.1 Å².